The number of para-hydroxylation sites is 1. The molecule has 29 heavy (non-hydrogen) atoms. The molecule has 6 heteroatoms. The van der Waals surface area contributed by atoms with Gasteiger partial charge in [0, 0.05) is 13.1 Å². The summed E-state index contributed by atoms with van der Waals surface area (Å²) < 4.78 is 5.61. The normalized spacial score (nSPS) is 11.6. The zero-order chi connectivity index (χ0) is 21.2. The molecule has 1 unspecified atom stereocenters. The molecule has 0 bridgehead atoms. The number of halogens is 1. The van der Waals surface area contributed by atoms with E-state index < -0.39 is 6.04 Å². The Bertz CT molecular complexity index is 808. The lowest BCUT2D eigenvalue weighted by atomic mass is 10.1. The number of benzene rings is 2. The van der Waals surface area contributed by atoms with Crippen LogP contribution in [0.25, 0.3) is 0 Å². The van der Waals surface area contributed by atoms with Crippen molar-refractivity contribution in [3.8, 4) is 5.75 Å². The summed E-state index contributed by atoms with van der Waals surface area (Å²) in [4.78, 5) is 27.1. The predicted octanol–water partition coefficient (Wildman–Crippen LogP) is 4.36. The van der Waals surface area contributed by atoms with Gasteiger partial charge in [-0.2, -0.15) is 0 Å². The van der Waals surface area contributed by atoms with Crippen LogP contribution in [0.1, 0.15) is 37.8 Å². The average Bonchev–Trinajstić information content (AvgIpc) is 2.72. The fourth-order valence-corrected chi connectivity index (χ4v) is 2.98. The quantitative estimate of drug-likeness (QED) is 0.585. The van der Waals surface area contributed by atoms with Crippen LogP contribution < -0.4 is 10.1 Å². The van der Waals surface area contributed by atoms with Crippen LogP contribution in [0.2, 0.25) is 5.02 Å². The van der Waals surface area contributed by atoms with Gasteiger partial charge in [-0.3, -0.25) is 9.59 Å². The summed E-state index contributed by atoms with van der Waals surface area (Å²) in [6, 6.07) is 14.3. The molecular weight excluding hydrogens is 388 g/mol. The molecule has 0 aromatic heterocycles. The van der Waals surface area contributed by atoms with Gasteiger partial charge in [0.1, 0.15) is 11.8 Å². The molecule has 0 saturated carbocycles. The molecule has 2 rings (SSSR count). The van der Waals surface area contributed by atoms with Crippen molar-refractivity contribution in [1.82, 2.24) is 10.2 Å². The number of ether oxygens (including phenoxy) is 1. The van der Waals surface area contributed by atoms with Gasteiger partial charge in [-0.1, -0.05) is 66.9 Å². The molecule has 2 amide bonds. The maximum atomic E-state index is 13.0. The van der Waals surface area contributed by atoms with E-state index >= 15 is 0 Å². The van der Waals surface area contributed by atoms with Crippen molar-refractivity contribution < 1.29 is 14.3 Å². The summed E-state index contributed by atoms with van der Waals surface area (Å²) in [5, 5.41) is 3.34. The monoisotopic (exact) mass is 416 g/mol. The summed E-state index contributed by atoms with van der Waals surface area (Å²) in [6.07, 6.45) is 1.90. The molecule has 0 aliphatic carbocycles. The van der Waals surface area contributed by atoms with Crippen molar-refractivity contribution in [3.05, 3.63) is 64.7 Å². The second-order valence-electron chi connectivity index (χ2n) is 7.05. The maximum Gasteiger partial charge on any atom is 0.261 e. The van der Waals surface area contributed by atoms with Crippen LogP contribution in [0.15, 0.2) is 48.5 Å². The Labute approximate surface area is 178 Å². The average molecular weight is 417 g/mol. The third-order valence-electron chi connectivity index (χ3n) is 4.66. The van der Waals surface area contributed by atoms with Gasteiger partial charge in [-0.25, -0.2) is 0 Å². The number of rotatable bonds is 10. The van der Waals surface area contributed by atoms with E-state index in [1.807, 2.05) is 31.2 Å². The van der Waals surface area contributed by atoms with E-state index in [0.29, 0.717) is 23.9 Å². The van der Waals surface area contributed by atoms with Gasteiger partial charge in [0.2, 0.25) is 5.91 Å². The Kier molecular flexibility index (Phi) is 9.00. The minimum atomic E-state index is -0.615. The molecule has 0 aliphatic heterocycles. The minimum Gasteiger partial charge on any atom is -0.482 e. The first-order chi connectivity index (χ1) is 13.9. The Hall–Kier alpha value is -2.53. The molecule has 1 N–H and O–H groups in total. The van der Waals surface area contributed by atoms with Gasteiger partial charge in [-0.05, 0) is 38.0 Å². The van der Waals surface area contributed by atoms with Gasteiger partial charge >= 0.3 is 0 Å². The summed E-state index contributed by atoms with van der Waals surface area (Å²) in [7, 11) is 0. The standard InChI is InChI=1S/C23H29ClN2O3/c1-4-5-14-25-23(28)18(3)26(15-19-12-10-17(2)11-13-19)22(27)16-29-21-9-7-6-8-20(21)24/h6-13,18H,4-5,14-16H2,1-3H3,(H,25,28). The number of amides is 2. The molecule has 5 nitrogen and oxygen atoms in total. The van der Waals surface area contributed by atoms with Crippen LogP contribution >= 0.6 is 11.6 Å². The number of aryl methyl sites for hydroxylation is 1. The Morgan fingerprint density at radius 2 is 1.83 bits per heavy atom. The third-order valence-corrected chi connectivity index (χ3v) is 4.97. The van der Waals surface area contributed by atoms with Crippen LogP contribution in [-0.2, 0) is 16.1 Å². The minimum absolute atomic E-state index is 0.170. The highest BCUT2D eigenvalue weighted by Gasteiger charge is 2.26. The largest absolute Gasteiger partial charge is 0.482 e. The highest BCUT2D eigenvalue weighted by molar-refractivity contribution is 6.32. The lowest BCUT2D eigenvalue weighted by molar-refractivity contribution is -0.142. The molecular formula is C23H29ClN2O3. The Morgan fingerprint density at radius 1 is 1.14 bits per heavy atom. The highest BCUT2D eigenvalue weighted by atomic mass is 35.5. The van der Waals surface area contributed by atoms with Crippen molar-refractivity contribution >= 4 is 23.4 Å². The topological polar surface area (TPSA) is 58.6 Å². The molecule has 2 aromatic rings. The van der Waals surface area contributed by atoms with E-state index in [1.165, 1.54) is 0 Å². The van der Waals surface area contributed by atoms with Crippen LogP contribution in [-0.4, -0.2) is 35.9 Å². The summed E-state index contributed by atoms with van der Waals surface area (Å²) in [5.41, 5.74) is 2.09. The van der Waals surface area contributed by atoms with Crippen LogP contribution in [0.3, 0.4) is 0 Å². The van der Waals surface area contributed by atoms with E-state index in [1.54, 1.807) is 36.1 Å². The van der Waals surface area contributed by atoms with Gasteiger partial charge < -0.3 is 15.0 Å². The van der Waals surface area contributed by atoms with Crippen molar-refractivity contribution in [1.29, 1.82) is 0 Å². The van der Waals surface area contributed by atoms with E-state index in [4.69, 9.17) is 16.3 Å². The zero-order valence-electron chi connectivity index (χ0n) is 17.3. The molecule has 0 radical (unpaired) electrons. The van der Waals surface area contributed by atoms with Crippen molar-refractivity contribution in [2.24, 2.45) is 0 Å². The Morgan fingerprint density at radius 3 is 2.48 bits per heavy atom. The third kappa shape index (κ3) is 7.09. The van der Waals surface area contributed by atoms with Crippen LogP contribution in [0.5, 0.6) is 5.75 Å². The molecule has 156 valence electrons. The van der Waals surface area contributed by atoms with E-state index in [-0.39, 0.29) is 18.4 Å². The second-order valence-corrected chi connectivity index (χ2v) is 7.45. The smallest absolute Gasteiger partial charge is 0.261 e. The predicted molar refractivity (Wildman–Crippen MR) is 116 cm³/mol. The number of hydrogen-bond acceptors (Lipinski definition) is 3. The van der Waals surface area contributed by atoms with Gasteiger partial charge in [0.25, 0.3) is 5.91 Å². The first-order valence-corrected chi connectivity index (χ1v) is 10.3. The SMILES string of the molecule is CCCCNC(=O)C(C)N(Cc1ccc(C)cc1)C(=O)COc1ccccc1Cl. The van der Waals surface area contributed by atoms with Gasteiger partial charge in [0.15, 0.2) is 6.61 Å². The lowest BCUT2D eigenvalue weighted by Crippen LogP contribution is -2.49. The van der Waals surface area contributed by atoms with Crippen molar-refractivity contribution in [2.75, 3.05) is 13.2 Å². The number of carbonyl (C=O) groups is 2. The first-order valence-electron chi connectivity index (χ1n) is 9.92. The van der Waals surface area contributed by atoms with Crippen LogP contribution in [0, 0.1) is 6.92 Å². The fraction of sp³-hybridized carbons (Fsp3) is 0.391. The number of hydrogen-bond donors (Lipinski definition) is 1. The fourth-order valence-electron chi connectivity index (χ4n) is 2.79. The summed E-state index contributed by atoms with van der Waals surface area (Å²) in [6.45, 7) is 6.55. The zero-order valence-corrected chi connectivity index (χ0v) is 18.0. The summed E-state index contributed by atoms with van der Waals surface area (Å²) >= 11 is 6.10. The molecule has 0 spiro atoms. The van der Waals surface area contributed by atoms with Gasteiger partial charge in [0.05, 0.1) is 5.02 Å². The van der Waals surface area contributed by atoms with Crippen molar-refractivity contribution in [2.45, 2.75) is 46.2 Å². The summed E-state index contributed by atoms with van der Waals surface area (Å²) in [5.74, 6) is -0.00172. The van der Waals surface area contributed by atoms with Crippen LogP contribution in [0.4, 0.5) is 0 Å². The maximum absolute atomic E-state index is 13.0. The first kappa shape index (κ1) is 22.8. The Balaban J connectivity index is 2.11. The van der Waals surface area contributed by atoms with Crippen molar-refractivity contribution in [3.63, 3.8) is 0 Å². The van der Waals surface area contributed by atoms with Gasteiger partial charge in [-0.15, -0.1) is 0 Å². The molecule has 0 saturated heterocycles. The molecule has 0 heterocycles. The lowest BCUT2D eigenvalue weighted by Gasteiger charge is -2.29. The number of nitrogens with zero attached hydrogens (tertiary/aromatic N) is 1. The van der Waals surface area contributed by atoms with E-state index in [2.05, 4.69) is 12.2 Å². The van der Waals surface area contributed by atoms with E-state index in [9.17, 15) is 9.59 Å². The molecule has 1 atom stereocenters. The van der Waals surface area contributed by atoms with E-state index in [0.717, 1.165) is 24.0 Å². The number of carbonyl (C=O) groups excluding carboxylic acids is 2. The molecule has 0 aliphatic rings. The number of nitrogens with one attached hydrogen (secondary N) is 1. The molecule has 2 aromatic carbocycles. The highest BCUT2D eigenvalue weighted by Crippen LogP contribution is 2.23. The second kappa shape index (κ2) is 11.5. The molecule has 0 fully saturated rings. The number of unbranched alkanes of at least 4 members (excludes halogenated alkanes) is 1.